The predicted octanol–water partition coefficient (Wildman–Crippen LogP) is 3.14. The Labute approximate surface area is 94.3 Å². The number of hydrogen-bond acceptors (Lipinski definition) is 3. The molecule has 0 aliphatic carbocycles. The number of nitrogens with zero attached hydrogens (tertiary/aromatic N) is 1. The van der Waals surface area contributed by atoms with Crippen LogP contribution in [0.3, 0.4) is 0 Å². The number of rotatable bonds is 3. The van der Waals surface area contributed by atoms with E-state index in [4.69, 9.17) is 0 Å². The zero-order chi connectivity index (χ0) is 10.8. The highest BCUT2D eigenvalue weighted by Gasteiger charge is 2.07. The molecule has 0 aliphatic heterocycles. The predicted molar refractivity (Wildman–Crippen MR) is 66.5 cm³/mol. The average Bonchev–Trinajstić information content (AvgIpc) is 2.61. The van der Waals surface area contributed by atoms with E-state index in [-0.39, 0.29) is 0 Å². The third-order valence-electron chi connectivity index (χ3n) is 2.34. The third kappa shape index (κ3) is 2.19. The summed E-state index contributed by atoms with van der Waals surface area (Å²) in [6, 6.07) is 6.49. The maximum absolute atomic E-state index is 4.61. The molecule has 0 saturated heterocycles. The van der Waals surface area contributed by atoms with Crippen LogP contribution in [-0.2, 0) is 6.54 Å². The van der Waals surface area contributed by atoms with E-state index in [1.165, 1.54) is 15.3 Å². The minimum atomic E-state index is 0.523. The molecule has 2 rings (SSSR count). The van der Waals surface area contributed by atoms with E-state index in [0.29, 0.717) is 5.92 Å². The first-order valence-electron chi connectivity index (χ1n) is 5.24. The first kappa shape index (κ1) is 10.6. The normalized spacial score (nSPS) is 11.5. The first-order chi connectivity index (χ1) is 7.20. The van der Waals surface area contributed by atoms with Gasteiger partial charge in [-0.1, -0.05) is 19.9 Å². The Hall–Kier alpha value is -0.930. The Kier molecular flexibility index (Phi) is 3.03. The standard InChI is InChI=1S/C12H16N2S/c1-8(2)12-14-10-5-4-9(7-13-3)6-11(10)15-12/h4-6,8,13H,7H2,1-3H3. The lowest BCUT2D eigenvalue weighted by atomic mass is 10.2. The van der Waals surface area contributed by atoms with Crippen molar-refractivity contribution in [3.63, 3.8) is 0 Å². The number of nitrogens with one attached hydrogen (secondary N) is 1. The molecule has 0 radical (unpaired) electrons. The van der Waals surface area contributed by atoms with Gasteiger partial charge in [0.1, 0.15) is 0 Å². The van der Waals surface area contributed by atoms with Gasteiger partial charge in [0.15, 0.2) is 0 Å². The van der Waals surface area contributed by atoms with Crippen molar-refractivity contribution >= 4 is 21.6 Å². The number of benzene rings is 1. The zero-order valence-electron chi connectivity index (χ0n) is 9.37. The van der Waals surface area contributed by atoms with Crippen molar-refractivity contribution in [2.45, 2.75) is 26.3 Å². The fourth-order valence-electron chi connectivity index (χ4n) is 1.55. The lowest BCUT2D eigenvalue weighted by Crippen LogP contribution is -2.04. The first-order valence-corrected chi connectivity index (χ1v) is 6.06. The molecule has 0 unspecified atom stereocenters. The van der Waals surface area contributed by atoms with Crippen LogP contribution in [0, 0.1) is 0 Å². The zero-order valence-corrected chi connectivity index (χ0v) is 10.2. The molecule has 1 aromatic heterocycles. The number of aromatic nitrogens is 1. The molecule has 80 valence electrons. The van der Waals surface area contributed by atoms with Crippen LogP contribution < -0.4 is 5.32 Å². The fraction of sp³-hybridized carbons (Fsp3) is 0.417. The summed E-state index contributed by atoms with van der Waals surface area (Å²) >= 11 is 1.81. The quantitative estimate of drug-likeness (QED) is 0.859. The SMILES string of the molecule is CNCc1ccc2nc(C(C)C)sc2c1. The van der Waals surface area contributed by atoms with Gasteiger partial charge >= 0.3 is 0 Å². The van der Waals surface area contributed by atoms with Crippen LogP contribution in [0.15, 0.2) is 18.2 Å². The summed E-state index contributed by atoms with van der Waals surface area (Å²) in [5, 5.41) is 4.39. The molecule has 15 heavy (non-hydrogen) atoms. The van der Waals surface area contributed by atoms with Gasteiger partial charge in [-0.3, -0.25) is 0 Å². The van der Waals surface area contributed by atoms with Gasteiger partial charge in [0.05, 0.1) is 15.2 Å². The molecule has 1 aromatic carbocycles. The van der Waals surface area contributed by atoms with Gasteiger partial charge in [-0.05, 0) is 24.7 Å². The van der Waals surface area contributed by atoms with Gasteiger partial charge in [-0.25, -0.2) is 4.98 Å². The summed E-state index contributed by atoms with van der Waals surface area (Å²) < 4.78 is 1.30. The number of fused-ring (bicyclic) bond motifs is 1. The van der Waals surface area contributed by atoms with E-state index in [2.05, 4.69) is 42.3 Å². The summed E-state index contributed by atoms with van der Waals surface area (Å²) in [6.07, 6.45) is 0. The van der Waals surface area contributed by atoms with Crippen molar-refractivity contribution < 1.29 is 0 Å². The smallest absolute Gasteiger partial charge is 0.0963 e. The molecule has 1 N–H and O–H groups in total. The monoisotopic (exact) mass is 220 g/mol. The van der Waals surface area contributed by atoms with Crippen molar-refractivity contribution in [3.8, 4) is 0 Å². The number of hydrogen-bond donors (Lipinski definition) is 1. The van der Waals surface area contributed by atoms with Crippen LogP contribution in [0.5, 0.6) is 0 Å². The summed E-state index contributed by atoms with van der Waals surface area (Å²) in [6.45, 7) is 5.29. The molecular weight excluding hydrogens is 204 g/mol. The molecule has 0 amide bonds. The molecule has 0 aliphatic rings. The highest BCUT2D eigenvalue weighted by molar-refractivity contribution is 7.18. The Morgan fingerprint density at radius 1 is 1.40 bits per heavy atom. The van der Waals surface area contributed by atoms with Gasteiger partial charge < -0.3 is 5.32 Å². The Morgan fingerprint density at radius 3 is 2.87 bits per heavy atom. The van der Waals surface area contributed by atoms with E-state index in [0.717, 1.165) is 12.1 Å². The average molecular weight is 220 g/mol. The molecule has 3 heteroatoms. The highest BCUT2D eigenvalue weighted by atomic mass is 32.1. The van der Waals surface area contributed by atoms with Crippen LogP contribution in [0.25, 0.3) is 10.2 Å². The molecule has 1 heterocycles. The molecule has 2 nitrogen and oxygen atoms in total. The summed E-state index contributed by atoms with van der Waals surface area (Å²) in [7, 11) is 1.97. The van der Waals surface area contributed by atoms with Gasteiger partial charge in [0.25, 0.3) is 0 Å². The molecule has 0 spiro atoms. The van der Waals surface area contributed by atoms with Crippen molar-refractivity contribution in [1.82, 2.24) is 10.3 Å². The molecule has 0 saturated carbocycles. The van der Waals surface area contributed by atoms with Gasteiger partial charge in [-0.15, -0.1) is 11.3 Å². The minimum Gasteiger partial charge on any atom is -0.316 e. The van der Waals surface area contributed by atoms with Crippen molar-refractivity contribution in [2.24, 2.45) is 0 Å². The molecule has 2 aromatic rings. The molecule has 0 atom stereocenters. The maximum Gasteiger partial charge on any atom is 0.0963 e. The minimum absolute atomic E-state index is 0.523. The summed E-state index contributed by atoms with van der Waals surface area (Å²) in [4.78, 5) is 4.61. The third-order valence-corrected chi connectivity index (χ3v) is 3.66. The second kappa shape index (κ2) is 4.29. The summed E-state index contributed by atoms with van der Waals surface area (Å²) in [5.74, 6) is 0.523. The lowest BCUT2D eigenvalue weighted by molar-refractivity contribution is 0.819. The fourth-order valence-corrected chi connectivity index (χ4v) is 2.58. The van der Waals surface area contributed by atoms with Crippen molar-refractivity contribution in [3.05, 3.63) is 28.8 Å². The van der Waals surface area contributed by atoms with Crippen LogP contribution in [-0.4, -0.2) is 12.0 Å². The number of thiazole rings is 1. The van der Waals surface area contributed by atoms with E-state index in [1.807, 2.05) is 7.05 Å². The van der Waals surface area contributed by atoms with E-state index < -0.39 is 0 Å². The van der Waals surface area contributed by atoms with E-state index >= 15 is 0 Å². The second-order valence-corrected chi connectivity index (χ2v) is 5.10. The topological polar surface area (TPSA) is 24.9 Å². The highest BCUT2D eigenvalue weighted by Crippen LogP contribution is 2.27. The molecule has 0 bridgehead atoms. The molecular formula is C12H16N2S. The van der Waals surface area contributed by atoms with Crippen molar-refractivity contribution in [1.29, 1.82) is 0 Å². The van der Waals surface area contributed by atoms with Crippen LogP contribution in [0.2, 0.25) is 0 Å². The van der Waals surface area contributed by atoms with Crippen LogP contribution in [0.1, 0.15) is 30.3 Å². The maximum atomic E-state index is 4.61. The van der Waals surface area contributed by atoms with Gasteiger partial charge in [0, 0.05) is 12.5 Å². The van der Waals surface area contributed by atoms with Crippen LogP contribution in [0.4, 0.5) is 0 Å². The Bertz CT molecular complexity index is 460. The van der Waals surface area contributed by atoms with Crippen molar-refractivity contribution in [2.75, 3.05) is 7.05 Å². The Balaban J connectivity index is 2.43. The van der Waals surface area contributed by atoms with Crippen LogP contribution >= 0.6 is 11.3 Å². The Morgan fingerprint density at radius 2 is 2.20 bits per heavy atom. The van der Waals surface area contributed by atoms with Gasteiger partial charge in [-0.2, -0.15) is 0 Å². The second-order valence-electron chi connectivity index (χ2n) is 4.04. The van der Waals surface area contributed by atoms with Gasteiger partial charge in [0.2, 0.25) is 0 Å². The molecule has 0 fully saturated rings. The lowest BCUT2D eigenvalue weighted by Gasteiger charge is -1.98. The van der Waals surface area contributed by atoms with E-state index in [9.17, 15) is 0 Å². The van der Waals surface area contributed by atoms with E-state index in [1.54, 1.807) is 11.3 Å². The summed E-state index contributed by atoms with van der Waals surface area (Å²) in [5.41, 5.74) is 2.45. The largest absolute Gasteiger partial charge is 0.316 e.